The van der Waals surface area contributed by atoms with Gasteiger partial charge < -0.3 is 4.74 Å². The second-order valence-electron chi connectivity index (χ2n) is 6.50. The summed E-state index contributed by atoms with van der Waals surface area (Å²) in [5.74, 6) is 0.772. The molecule has 1 unspecified atom stereocenters. The van der Waals surface area contributed by atoms with Gasteiger partial charge >= 0.3 is 0 Å². The molecular weight excluding hydrogens is 364 g/mol. The molecule has 4 rings (SSSR count). The van der Waals surface area contributed by atoms with E-state index in [2.05, 4.69) is 10.1 Å². The van der Waals surface area contributed by atoms with Crippen LogP contribution in [-0.4, -0.2) is 41.1 Å². The highest BCUT2D eigenvalue weighted by atomic mass is 32.2. The quantitative estimate of drug-likeness (QED) is 0.676. The zero-order valence-electron chi connectivity index (χ0n) is 15.1. The summed E-state index contributed by atoms with van der Waals surface area (Å²) in [7, 11) is -2.00. The molecule has 0 spiro atoms. The monoisotopic (exact) mass is 384 g/mol. The van der Waals surface area contributed by atoms with Gasteiger partial charge in [0.2, 0.25) is 10.0 Å². The lowest BCUT2D eigenvalue weighted by Crippen LogP contribution is -2.29. The predicted molar refractivity (Wildman–Crippen MR) is 100 cm³/mol. The average molecular weight is 384 g/mol. The first-order valence-electron chi connectivity index (χ1n) is 8.65. The molecule has 0 saturated heterocycles. The number of ether oxygens (including phenoxy) is 1. The first-order chi connectivity index (χ1) is 13.0. The zero-order chi connectivity index (χ0) is 19.0. The maximum absolute atomic E-state index is 13.1. The van der Waals surface area contributed by atoms with Crippen molar-refractivity contribution < 1.29 is 13.2 Å². The summed E-state index contributed by atoms with van der Waals surface area (Å²) in [6, 6.07) is 12.4. The minimum Gasteiger partial charge on any atom is -0.493 e. The number of benzene rings is 2. The van der Waals surface area contributed by atoms with E-state index in [9.17, 15) is 8.42 Å². The standard InChI is InChI=1S/C19H20N4O3S/c1-14(15-3-5-17(6-4-15)23-13-20-12-21-23)22(2)27(24,25)18-7-8-19-16(11-18)9-10-26-19/h3-8,11-14H,9-10H2,1-2H3. The smallest absolute Gasteiger partial charge is 0.243 e. The summed E-state index contributed by atoms with van der Waals surface area (Å²) in [4.78, 5) is 4.22. The third-order valence-corrected chi connectivity index (χ3v) is 6.87. The summed E-state index contributed by atoms with van der Waals surface area (Å²) in [6.07, 6.45) is 3.83. The van der Waals surface area contributed by atoms with Gasteiger partial charge in [0, 0.05) is 19.5 Å². The van der Waals surface area contributed by atoms with Crippen LogP contribution in [0.3, 0.4) is 0 Å². The minimum atomic E-state index is -3.61. The van der Waals surface area contributed by atoms with Crippen LogP contribution in [0.4, 0.5) is 0 Å². The third-order valence-electron chi connectivity index (χ3n) is 4.94. The van der Waals surface area contributed by atoms with Crippen LogP contribution in [0.2, 0.25) is 0 Å². The average Bonchev–Trinajstić information content (AvgIpc) is 3.38. The Labute approximate surface area is 158 Å². The first kappa shape index (κ1) is 17.7. The van der Waals surface area contributed by atoms with E-state index in [1.54, 1.807) is 36.3 Å². The second kappa shape index (κ2) is 6.79. The normalized spacial score (nSPS) is 14.8. The van der Waals surface area contributed by atoms with Gasteiger partial charge in [-0.05, 0) is 48.4 Å². The number of hydrogen-bond donors (Lipinski definition) is 0. The molecule has 0 radical (unpaired) electrons. The van der Waals surface area contributed by atoms with Gasteiger partial charge in [-0.3, -0.25) is 0 Å². The molecule has 0 bridgehead atoms. The summed E-state index contributed by atoms with van der Waals surface area (Å²) < 4.78 is 34.6. The Morgan fingerprint density at radius 1 is 1.19 bits per heavy atom. The molecule has 8 heteroatoms. The molecule has 7 nitrogen and oxygen atoms in total. The SMILES string of the molecule is CC(c1ccc(-n2cncn2)cc1)N(C)S(=O)(=O)c1ccc2c(c1)CCO2. The molecule has 140 valence electrons. The van der Waals surface area contributed by atoms with Crippen LogP contribution in [0, 0.1) is 0 Å². The fourth-order valence-electron chi connectivity index (χ4n) is 3.15. The van der Waals surface area contributed by atoms with Crippen molar-refractivity contribution in [2.24, 2.45) is 0 Å². The highest BCUT2D eigenvalue weighted by molar-refractivity contribution is 7.89. The molecule has 0 saturated carbocycles. The van der Waals surface area contributed by atoms with Gasteiger partial charge in [0.25, 0.3) is 0 Å². The maximum atomic E-state index is 13.1. The molecule has 3 aromatic rings. The number of fused-ring (bicyclic) bond motifs is 1. The molecular formula is C19H20N4O3S. The molecule has 27 heavy (non-hydrogen) atoms. The van der Waals surface area contributed by atoms with Crippen LogP contribution in [-0.2, 0) is 16.4 Å². The molecule has 1 aromatic heterocycles. The van der Waals surface area contributed by atoms with Gasteiger partial charge in [0.15, 0.2) is 0 Å². The lowest BCUT2D eigenvalue weighted by molar-refractivity contribution is 0.356. The van der Waals surface area contributed by atoms with E-state index in [0.29, 0.717) is 11.5 Å². The van der Waals surface area contributed by atoms with Crippen LogP contribution in [0.25, 0.3) is 5.69 Å². The van der Waals surface area contributed by atoms with Gasteiger partial charge in [-0.2, -0.15) is 9.40 Å². The summed E-state index contributed by atoms with van der Waals surface area (Å²) in [6.45, 7) is 2.47. The van der Waals surface area contributed by atoms with E-state index < -0.39 is 10.0 Å². The first-order valence-corrected chi connectivity index (χ1v) is 10.1. The minimum absolute atomic E-state index is 0.292. The van der Waals surface area contributed by atoms with Crippen molar-refractivity contribution in [2.45, 2.75) is 24.3 Å². The van der Waals surface area contributed by atoms with Crippen LogP contribution >= 0.6 is 0 Å². The zero-order valence-corrected chi connectivity index (χ0v) is 15.9. The summed E-state index contributed by atoms with van der Waals surface area (Å²) in [5, 5.41) is 4.09. The van der Waals surface area contributed by atoms with E-state index >= 15 is 0 Å². The Kier molecular flexibility index (Phi) is 4.45. The number of nitrogens with zero attached hydrogens (tertiary/aromatic N) is 4. The molecule has 0 amide bonds. The Balaban J connectivity index is 1.58. The van der Waals surface area contributed by atoms with Gasteiger partial charge in [-0.1, -0.05) is 12.1 Å². The third kappa shape index (κ3) is 3.22. The van der Waals surface area contributed by atoms with E-state index in [-0.39, 0.29) is 6.04 Å². The number of aromatic nitrogens is 3. The predicted octanol–water partition coefficient (Wildman–Crippen LogP) is 2.58. The Morgan fingerprint density at radius 2 is 1.96 bits per heavy atom. The van der Waals surface area contributed by atoms with E-state index in [4.69, 9.17) is 4.74 Å². The number of rotatable bonds is 5. The van der Waals surface area contributed by atoms with Crippen LogP contribution < -0.4 is 4.74 Å². The molecule has 1 atom stereocenters. The van der Waals surface area contributed by atoms with Crippen molar-refractivity contribution in [1.29, 1.82) is 0 Å². The second-order valence-corrected chi connectivity index (χ2v) is 8.49. The summed E-state index contributed by atoms with van der Waals surface area (Å²) >= 11 is 0. The Hall–Kier alpha value is -2.71. The van der Waals surface area contributed by atoms with Gasteiger partial charge in [0.1, 0.15) is 18.4 Å². The van der Waals surface area contributed by atoms with Crippen molar-refractivity contribution >= 4 is 10.0 Å². The molecule has 2 aromatic carbocycles. The largest absolute Gasteiger partial charge is 0.493 e. The molecule has 0 fully saturated rings. The number of hydrogen-bond acceptors (Lipinski definition) is 5. The maximum Gasteiger partial charge on any atom is 0.243 e. The highest BCUT2D eigenvalue weighted by Crippen LogP contribution is 2.31. The van der Waals surface area contributed by atoms with Crippen molar-refractivity contribution in [2.75, 3.05) is 13.7 Å². The topological polar surface area (TPSA) is 77.3 Å². The molecule has 1 aliphatic heterocycles. The lowest BCUT2D eigenvalue weighted by atomic mass is 10.1. The molecule has 1 aliphatic rings. The number of sulfonamides is 1. The van der Waals surface area contributed by atoms with Gasteiger partial charge in [-0.15, -0.1) is 0 Å². The van der Waals surface area contributed by atoms with Crippen molar-refractivity contribution in [3.8, 4) is 11.4 Å². The fraction of sp³-hybridized carbons (Fsp3) is 0.263. The van der Waals surface area contributed by atoms with E-state index in [0.717, 1.165) is 29.0 Å². The van der Waals surface area contributed by atoms with Crippen molar-refractivity contribution in [3.05, 3.63) is 66.2 Å². The molecule has 2 heterocycles. The lowest BCUT2D eigenvalue weighted by Gasteiger charge is -2.25. The van der Waals surface area contributed by atoms with Crippen molar-refractivity contribution in [1.82, 2.24) is 19.1 Å². The van der Waals surface area contributed by atoms with Crippen LogP contribution in [0.15, 0.2) is 60.0 Å². The highest BCUT2D eigenvalue weighted by Gasteiger charge is 2.27. The summed E-state index contributed by atoms with van der Waals surface area (Å²) in [5.41, 5.74) is 2.70. The Bertz CT molecular complexity index is 1050. The van der Waals surface area contributed by atoms with E-state index in [1.807, 2.05) is 31.2 Å². The molecule has 0 aliphatic carbocycles. The van der Waals surface area contributed by atoms with Crippen LogP contribution in [0.1, 0.15) is 24.1 Å². The van der Waals surface area contributed by atoms with E-state index in [1.165, 1.54) is 10.6 Å². The van der Waals surface area contributed by atoms with Crippen LogP contribution in [0.5, 0.6) is 5.75 Å². The van der Waals surface area contributed by atoms with Crippen molar-refractivity contribution in [3.63, 3.8) is 0 Å². The van der Waals surface area contributed by atoms with Gasteiger partial charge in [-0.25, -0.2) is 18.1 Å². The molecule has 0 N–H and O–H groups in total. The van der Waals surface area contributed by atoms with Gasteiger partial charge in [0.05, 0.1) is 17.2 Å². The Morgan fingerprint density at radius 3 is 2.67 bits per heavy atom. The fourth-order valence-corrected chi connectivity index (χ4v) is 4.56.